The Labute approximate surface area is 134 Å². The fourth-order valence-corrected chi connectivity index (χ4v) is 2.52. The number of carbonyl (C=O) groups excluding carboxylic acids is 2. The molecule has 0 atom stereocenters. The Balaban J connectivity index is 2.11. The average molecular weight is 307 g/mol. The number of nitrogens with zero attached hydrogens (tertiary/aromatic N) is 2. The highest BCUT2D eigenvalue weighted by molar-refractivity contribution is 6.07. The Bertz CT molecular complexity index is 925. The van der Waals surface area contributed by atoms with Crippen LogP contribution in [0.1, 0.15) is 28.4 Å². The monoisotopic (exact) mass is 307 g/mol. The zero-order valence-corrected chi connectivity index (χ0v) is 13.3. The van der Waals surface area contributed by atoms with Gasteiger partial charge in [0.05, 0.1) is 22.3 Å². The van der Waals surface area contributed by atoms with Crippen LogP contribution in [-0.4, -0.2) is 21.4 Å². The van der Waals surface area contributed by atoms with Crippen LogP contribution in [0.3, 0.4) is 0 Å². The number of aromatic nitrogens is 2. The Morgan fingerprint density at radius 1 is 1.09 bits per heavy atom. The Kier molecular flexibility index (Phi) is 3.70. The highest BCUT2D eigenvalue weighted by atomic mass is 16.2. The maximum absolute atomic E-state index is 12.9. The predicted octanol–water partition coefficient (Wildman–Crippen LogP) is 3.30. The van der Waals surface area contributed by atoms with Gasteiger partial charge in [-0.3, -0.25) is 14.2 Å². The summed E-state index contributed by atoms with van der Waals surface area (Å²) in [6.07, 6.45) is 1.52. The van der Waals surface area contributed by atoms with Gasteiger partial charge in [0.15, 0.2) is 0 Å². The quantitative estimate of drug-likeness (QED) is 0.790. The second kappa shape index (κ2) is 5.68. The summed E-state index contributed by atoms with van der Waals surface area (Å²) in [5, 5.41) is 2.69. The summed E-state index contributed by atoms with van der Waals surface area (Å²) in [7, 11) is 0. The number of fused-ring (bicyclic) bond motifs is 1. The van der Waals surface area contributed by atoms with Crippen molar-refractivity contribution in [3.63, 3.8) is 0 Å². The average Bonchev–Trinajstić information content (AvgIpc) is 2.90. The number of rotatable bonds is 2. The Morgan fingerprint density at radius 2 is 1.78 bits per heavy atom. The topological polar surface area (TPSA) is 64.0 Å². The molecule has 5 heteroatoms. The van der Waals surface area contributed by atoms with Crippen LogP contribution in [0, 0.1) is 13.8 Å². The van der Waals surface area contributed by atoms with Gasteiger partial charge in [-0.25, -0.2) is 4.98 Å². The third-order valence-electron chi connectivity index (χ3n) is 3.85. The zero-order chi connectivity index (χ0) is 16.6. The summed E-state index contributed by atoms with van der Waals surface area (Å²) < 4.78 is 1.52. The van der Waals surface area contributed by atoms with Gasteiger partial charge in [-0.2, -0.15) is 0 Å². The molecule has 0 aliphatic heterocycles. The van der Waals surface area contributed by atoms with Crippen LogP contribution < -0.4 is 5.32 Å². The molecule has 0 unspecified atom stereocenters. The molecule has 0 bridgehead atoms. The number of nitrogens with one attached hydrogen (secondary N) is 1. The van der Waals surface area contributed by atoms with Crippen molar-refractivity contribution in [3.05, 3.63) is 59.4 Å². The molecule has 0 radical (unpaired) electrons. The summed E-state index contributed by atoms with van der Waals surface area (Å²) in [5.74, 6) is -0.438. The summed E-state index contributed by atoms with van der Waals surface area (Å²) in [5.41, 5.74) is 4.70. The van der Waals surface area contributed by atoms with Crippen molar-refractivity contribution in [3.8, 4) is 0 Å². The number of hydrogen-bond donors (Lipinski definition) is 1. The van der Waals surface area contributed by atoms with Gasteiger partial charge in [-0.05, 0) is 49.2 Å². The van der Waals surface area contributed by atoms with Crippen molar-refractivity contribution in [1.29, 1.82) is 0 Å². The number of carbonyl (C=O) groups is 2. The van der Waals surface area contributed by atoms with E-state index >= 15 is 0 Å². The lowest BCUT2D eigenvalue weighted by Gasteiger charge is -2.10. The second-order valence-electron chi connectivity index (χ2n) is 5.57. The van der Waals surface area contributed by atoms with Crippen LogP contribution in [0.4, 0.5) is 5.69 Å². The molecule has 1 amide bonds. The molecule has 116 valence electrons. The van der Waals surface area contributed by atoms with Gasteiger partial charge in [-0.15, -0.1) is 0 Å². The van der Waals surface area contributed by atoms with Gasteiger partial charge in [0.25, 0.3) is 5.91 Å². The number of amides is 1. The molecule has 3 rings (SSSR count). The van der Waals surface area contributed by atoms with E-state index in [2.05, 4.69) is 10.3 Å². The normalized spacial score (nSPS) is 10.7. The molecule has 1 N–H and O–H groups in total. The molecule has 1 heterocycles. The van der Waals surface area contributed by atoms with E-state index < -0.39 is 0 Å². The molecule has 2 aromatic carbocycles. The third kappa shape index (κ3) is 2.73. The van der Waals surface area contributed by atoms with Crippen molar-refractivity contribution in [2.24, 2.45) is 0 Å². The fourth-order valence-electron chi connectivity index (χ4n) is 2.52. The molecule has 1 aromatic heterocycles. The third-order valence-corrected chi connectivity index (χ3v) is 3.85. The Hall–Kier alpha value is -2.95. The number of benzene rings is 2. The first kappa shape index (κ1) is 15.0. The lowest BCUT2D eigenvalue weighted by molar-refractivity contribution is -0.114. The van der Waals surface area contributed by atoms with E-state index in [1.165, 1.54) is 17.8 Å². The van der Waals surface area contributed by atoms with E-state index in [0.717, 1.165) is 22.2 Å². The van der Waals surface area contributed by atoms with Crippen molar-refractivity contribution >= 4 is 28.5 Å². The largest absolute Gasteiger partial charge is 0.326 e. The van der Waals surface area contributed by atoms with Crippen LogP contribution in [0.2, 0.25) is 0 Å². The smallest absolute Gasteiger partial charge is 0.265 e. The minimum Gasteiger partial charge on any atom is -0.326 e. The predicted molar refractivity (Wildman–Crippen MR) is 89.7 cm³/mol. The first-order chi connectivity index (χ1) is 11.0. The van der Waals surface area contributed by atoms with Crippen LogP contribution >= 0.6 is 0 Å². The van der Waals surface area contributed by atoms with Gasteiger partial charge >= 0.3 is 0 Å². The van der Waals surface area contributed by atoms with Crippen LogP contribution in [0.5, 0.6) is 0 Å². The lowest BCUT2D eigenvalue weighted by Crippen LogP contribution is -2.15. The Morgan fingerprint density at radius 3 is 2.52 bits per heavy atom. The standard InChI is InChI=1S/C18H17N3O2/c1-11-8-16-17(9-12(11)2)21(10-19-16)18(23)14-6-4-5-7-15(14)20-13(3)22/h4-10H,1-3H3,(H,20,22). The van der Waals surface area contributed by atoms with Gasteiger partial charge in [0.1, 0.15) is 6.33 Å². The van der Waals surface area contributed by atoms with Gasteiger partial charge in [0.2, 0.25) is 5.91 Å². The van der Waals surface area contributed by atoms with E-state index in [1.807, 2.05) is 26.0 Å². The SMILES string of the molecule is CC(=O)Nc1ccccc1C(=O)n1cnc2cc(C)c(C)cc21. The van der Waals surface area contributed by atoms with Crippen LogP contribution in [-0.2, 0) is 4.79 Å². The summed E-state index contributed by atoms with van der Waals surface area (Å²) >= 11 is 0. The molecule has 0 saturated carbocycles. The number of para-hydroxylation sites is 1. The minimum atomic E-state index is -0.222. The first-order valence-corrected chi connectivity index (χ1v) is 7.33. The van der Waals surface area contributed by atoms with Crippen molar-refractivity contribution in [1.82, 2.24) is 9.55 Å². The van der Waals surface area contributed by atoms with Gasteiger partial charge in [-0.1, -0.05) is 12.1 Å². The molecule has 23 heavy (non-hydrogen) atoms. The van der Waals surface area contributed by atoms with E-state index in [4.69, 9.17) is 0 Å². The van der Waals surface area contributed by atoms with Gasteiger partial charge in [0, 0.05) is 6.92 Å². The molecular formula is C18H17N3O2. The molecule has 0 aliphatic rings. The van der Waals surface area contributed by atoms with Crippen molar-refractivity contribution in [2.75, 3.05) is 5.32 Å². The van der Waals surface area contributed by atoms with Gasteiger partial charge < -0.3 is 5.32 Å². The van der Waals surface area contributed by atoms with Crippen LogP contribution in [0.25, 0.3) is 11.0 Å². The van der Waals surface area contributed by atoms with E-state index in [0.29, 0.717) is 11.3 Å². The summed E-state index contributed by atoms with van der Waals surface area (Å²) in [6, 6.07) is 10.9. The van der Waals surface area contributed by atoms with Crippen molar-refractivity contribution in [2.45, 2.75) is 20.8 Å². The molecule has 0 saturated heterocycles. The molecule has 3 aromatic rings. The highest BCUT2D eigenvalue weighted by Crippen LogP contribution is 2.22. The van der Waals surface area contributed by atoms with Crippen molar-refractivity contribution < 1.29 is 9.59 Å². The molecular weight excluding hydrogens is 290 g/mol. The van der Waals surface area contributed by atoms with E-state index in [1.54, 1.807) is 24.3 Å². The maximum atomic E-state index is 12.9. The molecule has 5 nitrogen and oxygen atoms in total. The highest BCUT2D eigenvalue weighted by Gasteiger charge is 2.16. The molecule has 0 aliphatic carbocycles. The van der Waals surface area contributed by atoms with Crippen LogP contribution in [0.15, 0.2) is 42.7 Å². The zero-order valence-electron chi connectivity index (χ0n) is 13.3. The molecule has 0 spiro atoms. The minimum absolute atomic E-state index is 0.216. The number of anilines is 1. The fraction of sp³-hybridized carbons (Fsp3) is 0.167. The maximum Gasteiger partial charge on any atom is 0.265 e. The molecule has 0 fully saturated rings. The lowest BCUT2D eigenvalue weighted by atomic mass is 10.1. The van der Waals surface area contributed by atoms with E-state index in [9.17, 15) is 9.59 Å². The van der Waals surface area contributed by atoms with E-state index in [-0.39, 0.29) is 11.8 Å². The number of aryl methyl sites for hydroxylation is 2. The summed E-state index contributed by atoms with van der Waals surface area (Å²) in [4.78, 5) is 28.5. The first-order valence-electron chi connectivity index (χ1n) is 7.33. The summed E-state index contributed by atoms with van der Waals surface area (Å²) in [6.45, 7) is 5.43. The number of imidazole rings is 1. The number of hydrogen-bond acceptors (Lipinski definition) is 3. The second-order valence-corrected chi connectivity index (χ2v) is 5.57.